The molecule has 0 saturated carbocycles. The van der Waals surface area contributed by atoms with E-state index in [0.29, 0.717) is 5.56 Å². The molecular formula is C12H15F3N2O2. The smallest absolute Gasteiger partial charge is 0.382 e. The van der Waals surface area contributed by atoms with Gasteiger partial charge >= 0.3 is 6.18 Å². The number of benzene rings is 1. The first kappa shape index (κ1) is 15.5. The Labute approximate surface area is 108 Å². The minimum absolute atomic E-state index is 0.467. The third-order valence-electron chi connectivity index (χ3n) is 2.68. The molecule has 4 N–H and O–H groups in total. The van der Waals surface area contributed by atoms with E-state index in [9.17, 15) is 18.0 Å². The van der Waals surface area contributed by atoms with E-state index in [1.165, 1.54) is 6.92 Å². The third-order valence-corrected chi connectivity index (χ3v) is 2.68. The van der Waals surface area contributed by atoms with Gasteiger partial charge < -0.3 is 16.2 Å². The fourth-order valence-electron chi connectivity index (χ4n) is 1.40. The molecule has 0 heterocycles. The van der Waals surface area contributed by atoms with Gasteiger partial charge in [0, 0.05) is 0 Å². The van der Waals surface area contributed by atoms with Crippen molar-refractivity contribution in [1.29, 1.82) is 0 Å². The summed E-state index contributed by atoms with van der Waals surface area (Å²) in [6.07, 6.45) is -7.38. The van der Waals surface area contributed by atoms with Gasteiger partial charge in [-0.25, -0.2) is 0 Å². The van der Waals surface area contributed by atoms with Gasteiger partial charge in [-0.05, 0) is 12.5 Å². The van der Waals surface area contributed by atoms with Crippen molar-refractivity contribution in [2.75, 3.05) is 6.54 Å². The van der Waals surface area contributed by atoms with Gasteiger partial charge in [0.25, 0.3) is 0 Å². The Morgan fingerprint density at radius 1 is 1.37 bits per heavy atom. The molecule has 2 unspecified atom stereocenters. The number of nitrogens with one attached hydrogen (secondary N) is 1. The zero-order valence-corrected chi connectivity index (χ0v) is 10.2. The van der Waals surface area contributed by atoms with Gasteiger partial charge in [0.05, 0.1) is 6.54 Å². The second-order valence-electron chi connectivity index (χ2n) is 4.34. The van der Waals surface area contributed by atoms with Crippen LogP contribution in [-0.4, -0.2) is 29.8 Å². The van der Waals surface area contributed by atoms with Crippen LogP contribution in [0.4, 0.5) is 13.2 Å². The molecule has 106 valence electrons. The van der Waals surface area contributed by atoms with Crippen LogP contribution in [-0.2, 0) is 10.3 Å². The Morgan fingerprint density at radius 3 is 2.37 bits per heavy atom. The first-order valence-electron chi connectivity index (χ1n) is 5.53. The van der Waals surface area contributed by atoms with Crippen molar-refractivity contribution in [1.82, 2.24) is 5.32 Å². The lowest BCUT2D eigenvalue weighted by molar-refractivity contribution is -0.202. The standard InChI is InChI=1S/C12H15F3N2O2/c1-11(16,8-5-3-2-4-6-8)10(19)17-7-9(18)12(13,14)15/h2-6,9,18H,7,16H2,1H3,(H,17,19). The van der Waals surface area contributed by atoms with Crippen LogP contribution in [0.15, 0.2) is 30.3 Å². The summed E-state index contributed by atoms with van der Waals surface area (Å²) in [6.45, 7) is 0.458. The summed E-state index contributed by atoms with van der Waals surface area (Å²) in [5, 5.41) is 10.8. The highest BCUT2D eigenvalue weighted by Gasteiger charge is 2.39. The number of hydrogen-bond acceptors (Lipinski definition) is 3. The van der Waals surface area contributed by atoms with E-state index in [0.717, 1.165) is 0 Å². The van der Waals surface area contributed by atoms with Gasteiger partial charge in [-0.3, -0.25) is 4.79 Å². The number of amides is 1. The highest BCUT2D eigenvalue weighted by molar-refractivity contribution is 5.86. The molecular weight excluding hydrogens is 261 g/mol. The average Bonchev–Trinajstić information content (AvgIpc) is 2.35. The maximum atomic E-state index is 12.1. The van der Waals surface area contributed by atoms with Crippen molar-refractivity contribution in [2.45, 2.75) is 24.7 Å². The van der Waals surface area contributed by atoms with E-state index in [2.05, 4.69) is 0 Å². The number of alkyl halides is 3. The topological polar surface area (TPSA) is 75.4 Å². The van der Waals surface area contributed by atoms with Crippen LogP contribution in [0.1, 0.15) is 12.5 Å². The minimum Gasteiger partial charge on any atom is -0.382 e. The third kappa shape index (κ3) is 3.93. The van der Waals surface area contributed by atoms with E-state index in [-0.39, 0.29) is 0 Å². The fraction of sp³-hybridized carbons (Fsp3) is 0.417. The molecule has 0 saturated heterocycles. The van der Waals surface area contributed by atoms with E-state index in [4.69, 9.17) is 10.8 Å². The number of hydrogen-bond donors (Lipinski definition) is 3. The van der Waals surface area contributed by atoms with Crippen LogP contribution in [0.25, 0.3) is 0 Å². The first-order valence-corrected chi connectivity index (χ1v) is 5.53. The molecule has 1 aromatic carbocycles. The van der Waals surface area contributed by atoms with Crippen molar-refractivity contribution >= 4 is 5.91 Å². The van der Waals surface area contributed by atoms with Gasteiger partial charge in [0.2, 0.25) is 5.91 Å². The Hall–Kier alpha value is -1.60. The molecule has 0 radical (unpaired) electrons. The van der Waals surface area contributed by atoms with Crippen LogP contribution in [0.2, 0.25) is 0 Å². The van der Waals surface area contributed by atoms with Gasteiger partial charge in [0.1, 0.15) is 5.54 Å². The predicted octanol–water partition coefficient (Wildman–Crippen LogP) is 0.900. The second kappa shape index (κ2) is 5.58. The van der Waals surface area contributed by atoms with E-state index < -0.39 is 30.3 Å². The van der Waals surface area contributed by atoms with Crippen LogP contribution in [0.3, 0.4) is 0 Å². The van der Waals surface area contributed by atoms with E-state index >= 15 is 0 Å². The highest BCUT2D eigenvalue weighted by atomic mass is 19.4. The van der Waals surface area contributed by atoms with Gasteiger partial charge in [-0.2, -0.15) is 13.2 Å². The summed E-state index contributed by atoms with van der Waals surface area (Å²) < 4.78 is 36.3. The molecule has 1 rings (SSSR count). The molecule has 0 fully saturated rings. The minimum atomic E-state index is -4.77. The normalized spacial score (nSPS) is 16.5. The maximum absolute atomic E-state index is 12.1. The first-order chi connectivity index (χ1) is 8.65. The van der Waals surface area contributed by atoms with Crippen molar-refractivity contribution in [2.24, 2.45) is 5.73 Å². The molecule has 0 aliphatic rings. The lowest BCUT2D eigenvalue weighted by Gasteiger charge is -2.25. The largest absolute Gasteiger partial charge is 0.416 e. The lowest BCUT2D eigenvalue weighted by Crippen LogP contribution is -2.52. The van der Waals surface area contributed by atoms with Crippen LogP contribution >= 0.6 is 0 Å². The number of carbonyl (C=O) groups excluding carboxylic acids is 1. The number of aliphatic hydroxyl groups excluding tert-OH is 1. The fourth-order valence-corrected chi connectivity index (χ4v) is 1.40. The molecule has 0 aromatic heterocycles. The summed E-state index contributed by atoms with van der Waals surface area (Å²) in [5.41, 5.74) is 4.80. The van der Waals surface area contributed by atoms with Crippen molar-refractivity contribution < 1.29 is 23.1 Å². The molecule has 0 aliphatic carbocycles. The quantitative estimate of drug-likeness (QED) is 0.765. The van der Waals surface area contributed by atoms with Crippen molar-refractivity contribution in [3.8, 4) is 0 Å². The molecule has 19 heavy (non-hydrogen) atoms. The van der Waals surface area contributed by atoms with Crippen LogP contribution in [0, 0.1) is 0 Å². The number of rotatable bonds is 4. The maximum Gasteiger partial charge on any atom is 0.416 e. The van der Waals surface area contributed by atoms with E-state index in [1.54, 1.807) is 30.3 Å². The highest BCUT2D eigenvalue weighted by Crippen LogP contribution is 2.20. The summed E-state index contributed by atoms with van der Waals surface area (Å²) >= 11 is 0. The molecule has 0 spiro atoms. The number of aliphatic hydroxyl groups is 1. The SMILES string of the molecule is CC(N)(C(=O)NCC(O)C(F)(F)F)c1ccccc1. The zero-order valence-electron chi connectivity index (χ0n) is 10.2. The summed E-state index contributed by atoms with van der Waals surface area (Å²) in [4.78, 5) is 11.8. The number of carbonyl (C=O) groups is 1. The zero-order chi connectivity index (χ0) is 14.7. The molecule has 0 aliphatic heterocycles. The lowest BCUT2D eigenvalue weighted by atomic mass is 9.92. The molecule has 1 aromatic rings. The van der Waals surface area contributed by atoms with Gasteiger partial charge in [-0.15, -0.1) is 0 Å². The van der Waals surface area contributed by atoms with Crippen LogP contribution in [0.5, 0.6) is 0 Å². The summed E-state index contributed by atoms with van der Waals surface area (Å²) in [5.74, 6) is -0.790. The molecule has 1 amide bonds. The summed E-state index contributed by atoms with van der Waals surface area (Å²) in [6, 6.07) is 8.25. The van der Waals surface area contributed by atoms with Gasteiger partial charge in [0.15, 0.2) is 6.10 Å². The van der Waals surface area contributed by atoms with Crippen molar-refractivity contribution in [3.63, 3.8) is 0 Å². The molecule has 0 bridgehead atoms. The number of nitrogens with two attached hydrogens (primary N) is 1. The van der Waals surface area contributed by atoms with E-state index in [1.807, 2.05) is 5.32 Å². The Balaban J connectivity index is 2.68. The van der Waals surface area contributed by atoms with Gasteiger partial charge in [-0.1, -0.05) is 30.3 Å². The monoisotopic (exact) mass is 276 g/mol. The van der Waals surface area contributed by atoms with Crippen molar-refractivity contribution in [3.05, 3.63) is 35.9 Å². The molecule has 2 atom stereocenters. The predicted molar refractivity (Wildman–Crippen MR) is 63.1 cm³/mol. The number of halogens is 3. The average molecular weight is 276 g/mol. The Bertz CT molecular complexity index is 432. The Kier molecular flexibility index (Phi) is 4.54. The molecule has 7 heteroatoms. The summed E-state index contributed by atoms with van der Waals surface area (Å²) in [7, 11) is 0. The van der Waals surface area contributed by atoms with Crippen LogP contribution < -0.4 is 11.1 Å². The second-order valence-corrected chi connectivity index (χ2v) is 4.34. The molecule has 4 nitrogen and oxygen atoms in total. The Morgan fingerprint density at radius 2 is 1.89 bits per heavy atom.